The molecule has 1 fully saturated rings. The van der Waals surface area contributed by atoms with Crippen LogP contribution in [0.2, 0.25) is 0 Å². The van der Waals surface area contributed by atoms with Crippen LogP contribution in [0, 0.1) is 0 Å². The number of pyridine rings is 1. The Kier molecular flexibility index (Phi) is 5.00. The van der Waals surface area contributed by atoms with Crippen molar-refractivity contribution in [2.45, 2.75) is 25.1 Å². The Hall–Kier alpha value is -2.24. The molecular formula is C18H21N3O2. The van der Waals surface area contributed by atoms with Gasteiger partial charge in [0.1, 0.15) is 0 Å². The van der Waals surface area contributed by atoms with Gasteiger partial charge in [0.25, 0.3) is 5.91 Å². The second kappa shape index (κ2) is 7.35. The molecule has 1 aliphatic rings. The third-order valence-corrected chi connectivity index (χ3v) is 4.18. The molecule has 5 nitrogen and oxygen atoms in total. The molecule has 3 rings (SSSR count). The first-order valence-electron chi connectivity index (χ1n) is 7.86. The van der Waals surface area contributed by atoms with Crippen molar-refractivity contribution in [1.29, 1.82) is 0 Å². The Morgan fingerprint density at radius 1 is 1.22 bits per heavy atom. The van der Waals surface area contributed by atoms with Crippen LogP contribution in [0.1, 0.15) is 22.3 Å². The number of aromatic nitrogens is 1. The average molecular weight is 311 g/mol. The van der Waals surface area contributed by atoms with Gasteiger partial charge in [0.2, 0.25) is 0 Å². The van der Waals surface area contributed by atoms with Crippen LogP contribution < -0.4 is 5.32 Å². The lowest BCUT2D eigenvalue weighted by Gasteiger charge is -2.24. The zero-order valence-corrected chi connectivity index (χ0v) is 12.9. The third-order valence-electron chi connectivity index (χ3n) is 4.18. The second-order valence-corrected chi connectivity index (χ2v) is 5.90. The number of β-amino-alcohol motifs (C(OH)–C–C–N with tert-alkyl or cyclic N) is 1. The van der Waals surface area contributed by atoms with E-state index in [1.165, 1.54) is 5.56 Å². The average Bonchev–Trinajstić information content (AvgIpc) is 2.94. The monoisotopic (exact) mass is 311 g/mol. The largest absolute Gasteiger partial charge is 0.392 e. The van der Waals surface area contributed by atoms with Gasteiger partial charge in [0, 0.05) is 43.6 Å². The number of amides is 1. The van der Waals surface area contributed by atoms with E-state index in [9.17, 15) is 9.90 Å². The van der Waals surface area contributed by atoms with E-state index in [0.29, 0.717) is 25.1 Å². The summed E-state index contributed by atoms with van der Waals surface area (Å²) in [5.74, 6) is -0.103. The Balaban J connectivity index is 1.58. The van der Waals surface area contributed by atoms with E-state index >= 15 is 0 Å². The van der Waals surface area contributed by atoms with Crippen molar-refractivity contribution in [3.63, 3.8) is 0 Å². The fourth-order valence-corrected chi connectivity index (χ4v) is 3.00. The summed E-state index contributed by atoms with van der Waals surface area (Å²) in [5.41, 5.74) is 1.82. The van der Waals surface area contributed by atoms with Gasteiger partial charge in [-0.05, 0) is 24.1 Å². The summed E-state index contributed by atoms with van der Waals surface area (Å²) in [5, 5.41) is 12.9. The van der Waals surface area contributed by atoms with Crippen LogP contribution in [0.4, 0.5) is 0 Å². The van der Waals surface area contributed by atoms with Crippen LogP contribution in [0.3, 0.4) is 0 Å². The molecule has 1 amide bonds. The number of carbonyl (C=O) groups is 1. The number of hydrogen-bond acceptors (Lipinski definition) is 4. The minimum absolute atomic E-state index is 0.103. The van der Waals surface area contributed by atoms with Crippen molar-refractivity contribution in [3.8, 4) is 0 Å². The van der Waals surface area contributed by atoms with E-state index in [-0.39, 0.29) is 18.1 Å². The zero-order chi connectivity index (χ0) is 16.1. The van der Waals surface area contributed by atoms with E-state index in [1.54, 1.807) is 24.5 Å². The van der Waals surface area contributed by atoms with Gasteiger partial charge < -0.3 is 10.4 Å². The highest BCUT2D eigenvalue weighted by Gasteiger charge is 2.30. The van der Waals surface area contributed by atoms with Gasteiger partial charge in [-0.3, -0.25) is 14.7 Å². The highest BCUT2D eigenvalue weighted by atomic mass is 16.3. The van der Waals surface area contributed by atoms with Gasteiger partial charge >= 0.3 is 0 Å². The molecule has 1 saturated heterocycles. The van der Waals surface area contributed by atoms with Crippen molar-refractivity contribution in [2.75, 3.05) is 13.1 Å². The lowest BCUT2D eigenvalue weighted by Crippen LogP contribution is -2.39. The first-order valence-corrected chi connectivity index (χ1v) is 7.86. The molecule has 2 N–H and O–H groups in total. The van der Waals surface area contributed by atoms with E-state index in [4.69, 9.17) is 0 Å². The SMILES string of the molecule is O=C(NC[C@H]1C[C@H](O)CN1Cc1ccccc1)c1ccncc1. The van der Waals surface area contributed by atoms with Crippen LogP contribution in [0.5, 0.6) is 0 Å². The molecule has 2 heterocycles. The van der Waals surface area contributed by atoms with Crippen molar-refractivity contribution in [3.05, 3.63) is 66.0 Å². The number of benzene rings is 1. The predicted molar refractivity (Wildman–Crippen MR) is 87.8 cm³/mol. The van der Waals surface area contributed by atoms with Gasteiger partial charge in [0.15, 0.2) is 0 Å². The molecule has 0 saturated carbocycles. The molecule has 5 heteroatoms. The molecule has 0 spiro atoms. The van der Waals surface area contributed by atoms with Crippen LogP contribution in [0.25, 0.3) is 0 Å². The molecule has 1 aromatic carbocycles. The molecule has 120 valence electrons. The molecule has 23 heavy (non-hydrogen) atoms. The Morgan fingerprint density at radius 2 is 1.96 bits per heavy atom. The smallest absolute Gasteiger partial charge is 0.251 e. The summed E-state index contributed by atoms with van der Waals surface area (Å²) < 4.78 is 0. The summed E-state index contributed by atoms with van der Waals surface area (Å²) >= 11 is 0. The maximum absolute atomic E-state index is 12.1. The maximum atomic E-state index is 12.1. The number of hydrogen-bond donors (Lipinski definition) is 2. The topological polar surface area (TPSA) is 65.5 Å². The van der Waals surface area contributed by atoms with Gasteiger partial charge in [0.05, 0.1) is 6.10 Å². The molecule has 2 atom stereocenters. The van der Waals surface area contributed by atoms with Crippen LogP contribution in [-0.4, -0.2) is 46.1 Å². The van der Waals surface area contributed by atoms with E-state index < -0.39 is 0 Å². The standard InChI is InChI=1S/C18H21N3O2/c22-17-10-16(11-20-18(23)15-6-8-19-9-7-15)21(13-17)12-14-4-2-1-3-5-14/h1-9,16-17,22H,10-13H2,(H,20,23)/t16-,17+/m1/s1. The Morgan fingerprint density at radius 3 is 2.70 bits per heavy atom. The van der Waals surface area contributed by atoms with Crippen LogP contribution in [-0.2, 0) is 6.54 Å². The Bertz CT molecular complexity index is 633. The van der Waals surface area contributed by atoms with Crippen molar-refractivity contribution in [2.24, 2.45) is 0 Å². The Labute approximate surface area is 136 Å². The van der Waals surface area contributed by atoms with Crippen molar-refractivity contribution in [1.82, 2.24) is 15.2 Å². The first kappa shape index (κ1) is 15.6. The zero-order valence-electron chi connectivity index (χ0n) is 12.9. The number of nitrogens with zero attached hydrogens (tertiary/aromatic N) is 2. The molecular weight excluding hydrogens is 290 g/mol. The van der Waals surface area contributed by atoms with E-state index in [2.05, 4.69) is 27.3 Å². The highest BCUT2D eigenvalue weighted by molar-refractivity contribution is 5.93. The molecule has 0 bridgehead atoms. The number of rotatable bonds is 5. The summed E-state index contributed by atoms with van der Waals surface area (Å²) in [6.07, 6.45) is 3.57. The fourth-order valence-electron chi connectivity index (χ4n) is 3.00. The molecule has 0 aliphatic carbocycles. The lowest BCUT2D eigenvalue weighted by atomic mass is 10.1. The first-order chi connectivity index (χ1) is 11.2. The third kappa shape index (κ3) is 4.15. The summed E-state index contributed by atoms with van der Waals surface area (Å²) in [7, 11) is 0. The lowest BCUT2D eigenvalue weighted by molar-refractivity contribution is 0.0939. The van der Waals surface area contributed by atoms with E-state index in [1.807, 2.05) is 18.2 Å². The molecule has 0 radical (unpaired) electrons. The number of nitrogens with one attached hydrogen (secondary N) is 1. The maximum Gasteiger partial charge on any atom is 0.251 e. The predicted octanol–water partition coefficient (Wildman–Crippen LogP) is 1.45. The second-order valence-electron chi connectivity index (χ2n) is 5.90. The van der Waals surface area contributed by atoms with Crippen LogP contribution in [0.15, 0.2) is 54.9 Å². The molecule has 1 aromatic heterocycles. The summed E-state index contributed by atoms with van der Waals surface area (Å²) in [4.78, 5) is 18.3. The quantitative estimate of drug-likeness (QED) is 0.877. The van der Waals surface area contributed by atoms with Crippen molar-refractivity contribution < 1.29 is 9.90 Å². The number of aliphatic hydroxyl groups excluding tert-OH is 1. The van der Waals surface area contributed by atoms with Gasteiger partial charge in [-0.25, -0.2) is 0 Å². The highest BCUT2D eigenvalue weighted by Crippen LogP contribution is 2.20. The van der Waals surface area contributed by atoms with Gasteiger partial charge in [-0.15, -0.1) is 0 Å². The van der Waals surface area contributed by atoms with Crippen molar-refractivity contribution >= 4 is 5.91 Å². The normalized spacial score (nSPS) is 21.3. The summed E-state index contributed by atoms with van der Waals surface area (Å²) in [6.45, 7) is 1.96. The minimum atomic E-state index is -0.332. The number of aliphatic hydroxyl groups is 1. The number of likely N-dealkylation sites (tertiary alicyclic amines) is 1. The van der Waals surface area contributed by atoms with E-state index in [0.717, 1.165) is 6.54 Å². The molecule has 2 aromatic rings. The number of carbonyl (C=O) groups excluding carboxylic acids is 1. The van der Waals surface area contributed by atoms with Gasteiger partial charge in [-0.1, -0.05) is 30.3 Å². The fraction of sp³-hybridized carbons (Fsp3) is 0.333. The van der Waals surface area contributed by atoms with Crippen LogP contribution >= 0.6 is 0 Å². The van der Waals surface area contributed by atoms with Gasteiger partial charge in [-0.2, -0.15) is 0 Å². The summed E-state index contributed by atoms with van der Waals surface area (Å²) in [6, 6.07) is 13.7. The minimum Gasteiger partial charge on any atom is -0.392 e. The molecule has 1 aliphatic heterocycles. The molecule has 0 unspecified atom stereocenters.